The smallest absolute Gasteiger partial charge is 0.279 e. The number of carbonyl (C=O) groups is 3. The first kappa shape index (κ1) is 75.6. The normalized spacial score (nSPS) is 17.2. The molecule has 0 saturated carbocycles. The fourth-order valence-corrected chi connectivity index (χ4v) is 17.0. The van der Waals surface area contributed by atoms with Crippen LogP contribution in [0.3, 0.4) is 0 Å². The van der Waals surface area contributed by atoms with Crippen LogP contribution in [0.5, 0.6) is 11.5 Å². The van der Waals surface area contributed by atoms with Gasteiger partial charge in [-0.2, -0.15) is 15.0 Å². The van der Waals surface area contributed by atoms with Crippen LogP contribution >= 0.6 is 34.0 Å². The van der Waals surface area contributed by atoms with E-state index >= 15 is 0 Å². The molecule has 109 heavy (non-hydrogen) atoms. The molecule has 3 aromatic carbocycles. The topological polar surface area (TPSA) is 284 Å². The number of hydrogen-bond donors (Lipinski definition) is 4. The zero-order valence-corrected chi connectivity index (χ0v) is 66.7. The molecule has 7 aliphatic heterocycles. The highest BCUT2D eigenvalue weighted by Gasteiger charge is 2.37. The molecule has 574 valence electrons. The largest absolute Gasteiger partial charge is 0.495 e. The van der Waals surface area contributed by atoms with Crippen LogP contribution in [0.2, 0.25) is 0 Å². The highest BCUT2D eigenvalue weighted by atomic mass is 32.1. The zero-order chi connectivity index (χ0) is 76.6. The molecule has 3 amide bonds. The number of carbonyl (C=O) groups excluding carboxylic acids is 3. The number of hydrogen-bond acceptors (Lipinski definition) is 31. The van der Waals surface area contributed by atoms with Gasteiger partial charge in [0.2, 0.25) is 17.8 Å². The summed E-state index contributed by atoms with van der Waals surface area (Å²) < 4.78 is 11.7. The standard InChI is InChI=1S/C28H37N9O2S.C24H30N8O3S.C23H28N8OS/c1-18-30-24-26(38)34(3)22-17-29-28(32-25(22)35(4)27(24)40-18)31-19-6-7-21(23(16-19)39-5)37-10-8-20(9-11-37)36-14-12-33(2)13-15-36;1-15-26-20-22(34)30(3)18-14-25-24(28-21(18)31(4)23(20)36-15)27-17-6-5-16(13-19(17)35-12-11-33)32-9-7-29(2)8-10-32;1-14-12-16(31-10-8-28(3)9-11-31)6-7-17(14)26-23-24-13-18-20(27-23)30(5)22-19(21(32)29(18)4)25-15(2)33-22/h6-7,16-17,20H,8-15H2,1-5H3,(H,29,31,32);5-6,13-14,33H,7-12H2,1-4H3,(H,25,27,28);6-7,12-13H,8-11H2,1-5H3,(H,24,26,27). The first-order valence-corrected chi connectivity index (χ1v) is 39.0. The minimum absolute atomic E-state index is 0.0880. The van der Waals surface area contributed by atoms with Gasteiger partial charge in [0.05, 0.1) is 58.7 Å². The van der Waals surface area contributed by atoms with Crippen LogP contribution < -0.4 is 69.5 Å². The minimum Gasteiger partial charge on any atom is -0.495 e. The van der Waals surface area contributed by atoms with Gasteiger partial charge in [0, 0.05) is 175 Å². The Kier molecular flexibility index (Phi) is 22.3. The monoisotopic (exact) mass is 1540 g/mol. The van der Waals surface area contributed by atoms with Crippen LogP contribution in [0.15, 0.2) is 73.2 Å². The maximum Gasteiger partial charge on any atom is 0.279 e. The number of rotatable bonds is 14. The number of nitrogens with zero attached hydrogens (tertiary/aromatic N) is 22. The van der Waals surface area contributed by atoms with E-state index in [4.69, 9.17) is 24.4 Å². The molecule has 4 fully saturated rings. The molecule has 0 spiro atoms. The number of thiazole rings is 3. The molecule has 0 unspecified atom stereocenters. The van der Waals surface area contributed by atoms with E-state index in [-0.39, 0.29) is 30.9 Å². The van der Waals surface area contributed by atoms with Crippen molar-refractivity contribution in [1.29, 1.82) is 0 Å². The van der Waals surface area contributed by atoms with Crippen molar-refractivity contribution in [1.82, 2.24) is 64.5 Å². The van der Waals surface area contributed by atoms with Crippen LogP contribution in [0, 0.1) is 27.7 Å². The van der Waals surface area contributed by atoms with Crippen LogP contribution in [0.4, 0.5) is 101 Å². The number of aromatic nitrogens is 9. The van der Waals surface area contributed by atoms with Crippen LogP contribution in [0.25, 0.3) is 0 Å². The Morgan fingerprint density at radius 2 is 0.853 bits per heavy atom. The predicted molar refractivity (Wildman–Crippen MR) is 436 cm³/mol. The summed E-state index contributed by atoms with van der Waals surface area (Å²) in [7, 11) is 19.1. The van der Waals surface area contributed by atoms with E-state index in [0.717, 1.165) is 143 Å². The second kappa shape index (κ2) is 32.2. The molecule has 0 bridgehead atoms. The SMILES string of the molecule is COc1cc(Nc2ncc3c(n2)N(C)c2sc(C)nc2C(=O)N3C)ccc1N1CCC(N2CCN(C)CC2)CC1.Cc1nc2c(s1)N(C)c1nc(Nc3ccc(N4CCN(C)CC4)cc3C)ncc1N(C)C2=O.Cc1nc2c(s1)N(C)c1nc(Nc3ccc(N4CCN(C)CC4)cc3OCCO)ncc1N(C)C2=O. The lowest BCUT2D eigenvalue weighted by atomic mass is 10.0. The lowest BCUT2D eigenvalue weighted by Gasteiger charge is -2.42. The average Bonchev–Trinajstić information content (AvgIpc) is 1.62. The van der Waals surface area contributed by atoms with Gasteiger partial charge >= 0.3 is 0 Å². The van der Waals surface area contributed by atoms with Crippen LogP contribution in [-0.2, 0) is 0 Å². The molecule has 4 N–H and O–H groups in total. The van der Waals surface area contributed by atoms with E-state index in [2.05, 4.69) is 132 Å². The number of anilines is 18. The summed E-state index contributed by atoms with van der Waals surface area (Å²) in [5, 5.41) is 24.1. The number of nitrogens with one attached hydrogen (secondary N) is 3. The number of amides is 3. The molecular formula is C75H95N25O6S3. The fourth-order valence-electron chi connectivity index (χ4n) is 14.4. The van der Waals surface area contributed by atoms with Crippen molar-refractivity contribution in [3.8, 4) is 11.5 Å². The molecule has 13 heterocycles. The molecule has 0 atom stereocenters. The first-order chi connectivity index (χ1) is 52.5. The molecule has 34 heteroatoms. The Balaban J connectivity index is 0.000000137. The summed E-state index contributed by atoms with van der Waals surface area (Å²) in [5.74, 6) is 4.13. The van der Waals surface area contributed by atoms with Crippen molar-refractivity contribution in [2.45, 2.75) is 46.6 Å². The highest BCUT2D eigenvalue weighted by molar-refractivity contribution is 7.17. The van der Waals surface area contributed by atoms with Gasteiger partial charge in [-0.05, 0) is 110 Å². The summed E-state index contributed by atoms with van der Waals surface area (Å²) in [5.41, 5.74) is 10.2. The van der Waals surface area contributed by atoms with E-state index in [1.165, 1.54) is 70.5 Å². The Morgan fingerprint density at radius 1 is 0.440 bits per heavy atom. The Labute approximate surface area is 647 Å². The zero-order valence-electron chi connectivity index (χ0n) is 64.3. The van der Waals surface area contributed by atoms with Crippen molar-refractivity contribution < 1.29 is 29.0 Å². The number of aliphatic hydroxyl groups is 1. The summed E-state index contributed by atoms with van der Waals surface area (Å²) >= 11 is 4.42. The van der Waals surface area contributed by atoms with Crippen molar-refractivity contribution in [3.63, 3.8) is 0 Å². The highest BCUT2D eigenvalue weighted by Crippen LogP contribution is 2.46. The summed E-state index contributed by atoms with van der Waals surface area (Å²) in [4.78, 5) is 107. The third-order valence-corrected chi connectivity index (χ3v) is 24.1. The number of piperidine rings is 1. The number of ether oxygens (including phenoxy) is 2. The second-order valence-corrected chi connectivity index (χ2v) is 31.8. The third-order valence-electron chi connectivity index (χ3n) is 20.9. The number of aliphatic hydroxyl groups excluding tert-OH is 1. The second-order valence-electron chi connectivity index (χ2n) is 28.3. The van der Waals surface area contributed by atoms with E-state index in [1.54, 1.807) is 56.6 Å². The lowest BCUT2D eigenvalue weighted by molar-refractivity contribution is 0.0981. The van der Waals surface area contributed by atoms with E-state index in [1.807, 2.05) is 86.9 Å². The Hall–Kier alpha value is -10.2. The number of benzene rings is 3. The van der Waals surface area contributed by atoms with Gasteiger partial charge in [-0.3, -0.25) is 19.3 Å². The Morgan fingerprint density at radius 3 is 1.28 bits per heavy atom. The summed E-state index contributed by atoms with van der Waals surface area (Å²) in [6.07, 6.45) is 7.34. The summed E-state index contributed by atoms with van der Waals surface area (Å²) in [6, 6.07) is 19.2. The number of aryl methyl sites for hydroxylation is 4. The minimum atomic E-state index is -0.191. The molecule has 9 aromatic rings. The van der Waals surface area contributed by atoms with Gasteiger partial charge in [-0.25, -0.2) is 29.9 Å². The molecule has 4 saturated heterocycles. The molecule has 7 aliphatic rings. The number of methoxy groups -OCH3 is 1. The molecule has 6 aromatic heterocycles. The number of likely N-dealkylation sites (N-methyl/N-ethyl adjacent to an activating group) is 3. The maximum absolute atomic E-state index is 13.0. The number of fused-ring (bicyclic) bond motifs is 6. The van der Waals surface area contributed by atoms with Crippen molar-refractivity contribution in [2.24, 2.45) is 0 Å². The van der Waals surface area contributed by atoms with Crippen molar-refractivity contribution in [2.75, 3.05) is 235 Å². The lowest BCUT2D eigenvalue weighted by Crippen LogP contribution is -2.52. The molecule has 16 rings (SSSR count). The van der Waals surface area contributed by atoms with E-state index in [0.29, 0.717) is 86.9 Å². The Bertz CT molecular complexity index is 4830. The number of piperazine rings is 3. The maximum atomic E-state index is 13.0. The van der Waals surface area contributed by atoms with Crippen molar-refractivity contribution >= 4 is 153 Å². The quantitative estimate of drug-likeness (QED) is 0.0788. The van der Waals surface area contributed by atoms with Gasteiger partial charge < -0.3 is 89.3 Å². The third kappa shape index (κ3) is 15.9. The van der Waals surface area contributed by atoms with Crippen molar-refractivity contribution in [3.05, 3.63) is 111 Å². The average molecular weight is 1540 g/mol. The molecular weight excluding hydrogens is 1440 g/mol. The van der Waals surface area contributed by atoms with Gasteiger partial charge in [0.1, 0.15) is 50.2 Å². The fraction of sp³-hybridized carbons (Fsp3) is 0.440. The molecule has 0 radical (unpaired) electrons. The van der Waals surface area contributed by atoms with Gasteiger partial charge in [-0.15, -0.1) is 34.0 Å². The van der Waals surface area contributed by atoms with Gasteiger partial charge in [-0.1, -0.05) is 0 Å². The first-order valence-electron chi connectivity index (χ1n) is 36.6. The molecule has 31 nitrogen and oxygen atoms in total. The van der Waals surface area contributed by atoms with Gasteiger partial charge in [0.15, 0.2) is 34.5 Å². The van der Waals surface area contributed by atoms with Gasteiger partial charge in [0.25, 0.3) is 17.7 Å². The van der Waals surface area contributed by atoms with Crippen LogP contribution in [-0.4, -0.2) is 269 Å². The van der Waals surface area contributed by atoms with Crippen LogP contribution in [0.1, 0.15) is 64.9 Å². The molecule has 0 aliphatic carbocycles. The predicted octanol–water partition coefficient (Wildman–Crippen LogP) is 9.44. The van der Waals surface area contributed by atoms with E-state index < -0.39 is 0 Å². The van der Waals surface area contributed by atoms with E-state index in [9.17, 15) is 19.5 Å². The summed E-state index contributed by atoms with van der Waals surface area (Å²) in [6.45, 7) is 22.7.